The quantitative estimate of drug-likeness (QED) is 0.745. The van der Waals surface area contributed by atoms with Crippen molar-refractivity contribution in [2.24, 2.45) is 0 Å². The predicted octanol–water partition coefficient (Wildman–Crippen LogP) is 3.06. The summed E-state index contributed by atoms with van der Waals surface area (Å²) in [6.45, 7) is 4.95. The van der Waals surface area contributed by atoms with E-state index in [4.69, 9.17) is 9.47 Å². The van der Waals surface area contributed by atoms with Crippen LogP contribution in [0.15, 0.2) is 47.2 Å². The first kappa shape index (κ1) is 19.0. The number of halogens is 1. The molecule has 0 bridgehead atoms. The fraction of sp³-hybridized carbons (Fsp3) is 0.263. The van der Waals surface area contributed by atoms with Crippen molar-refractivity contribution in [3.63, 3.8) is 0 Å². The Morgan fingerprint density at radius 1 is 1.19 bits per heavy atom. The number of ether oxygens (including phenoxy) is 2. The molecule has 0 saturated heterocycles. The summed E-state index contributed by atoms with van der Waals surface area (Å²) in [5.74, 6) is -1.16. The molecule has 8 heteroatoms. The number of aromatic nitrogens is 1. The lowest BCUT2D eigenvalue weighted by Gasteiger charge is -2.21. The lowest BCUT2D eigenvalue weighted by Crippen LogP contribution is -2.22. The molecule has 2 heterocycles. The van der Waals surface area contributed by atoms with Crippen LogP contribution in [0.3, 0.4) is 0 Å². The number of sulfone groups is 1. The normalized spacial score (nSPS) is 16.4. The Morgan fingerprint density at radius 2 is 1.81 bits per heavy atom. The Labute approximate surface area is 156 Å². The summed E-state index contributed by atoms with van der Waals surface area (Å²) >= 11 is 0. The highest BCUT2D eigenvalue weighted by atomic mass is 32.2. The molecule has 0 amide bonds. The fourth-order valence-corrected chi connectivity index (χ4v) is 3.45. The van der Waals surface area contributed by atoms with Gasteiger partial charge in [-0.3, -0.25) is 0 Å². The summed E-state index contributed by atoms with van der Waals surface area (Å²) in [7, 11) is -3.34. The number of nitrogens with zero attached hydrogens (tertiary/aromatic N) is 1. The molecular formula is C19H18FNO5S. The van der Waals surface area contributed by atoms with E-state index in [1.807, 2.05) is 0 Å². The molecule has 6 nitrogen and oxygen atoms in total. The summed E-state index contributed by atoms with van der Waals surface area (Å²) in [6.07, 6.45) is 2.13. The number of esters is 1. The molecule has 2 aromatic rings. The molecule has 0 atom stereocenters. The largest absolute Gasteiger partial charge is 0.449 e. The molecule has 1 aromatic heterocycles. The van der Waals surface area contributed by atoms with Gasteiger partial charge in [-0.1, -0.05) is 12.1 Å². The summed E-state index contributed by atoms with van der Waals surface area (Å²) in [5, 5.41) is 0. The molecule has 0 N–H and O–H groups in total. The topological polar surface area (TPSA) is 82.6 Å². The van der Waals surface area contributed by atoms with Gasteiger partial charge in [0.1, 0.15) is 11.4 Å². The third-order valence-corrected chi connectivity index (χ3v) is 5.29. The van der Waals surface area contributed by atoms with Gasteiger partial charge in [-0.2, -0.15) is 0 Å². The van der Waals surface area contributed by atoms with Gasteiger partial charge in [0.25, 0.3) is 0 Å². The number of hydrogen-bond donors (Lipinski definition) is 0. The maximum Gasteiger partial charge on any atom is 0.375 e. The number of carbonyl (C=O) groups excluding carboxylic acids is 1. The zero-order chi connectivity index (χ0) is 20.0. The van der Waals surface area contributed by atoms with Gasteiger partial charge in [-0.25, -0.2) is 22.6 Å². The first-order valence-corrected chi connectivity index (χ1v) is 9.97. The van der Waals surface area contributed by atoms with Crippen LogP contribution in [0.1, 0.15) is 25.0 Å². The van der Waals surface area contributed by atoms with Crippen LogP contribution in [0, 0.1) is 12.7 Å². The van der Waals surface area contributed by atoms with Gasteiger partial charge in [0.15, 0.2) is 9.84 Å². The zero-order valence-electron chi connectivity index (χ0n) is 15.2. The second-order valence-electron chi connectivity index (χ2n) is 6.77. The summed E-state index contributed by atoms with van der Waals surface area (Å²) < 4.78 is 47.8. The lowest BCUT2D eigenvalue weighted by molar-refractivity contribution is -0.145. The van der Waals surface area contributed by atoms with Gasteiger partial charge in [-0.15, -0.1) is 0 Å². The molecule has 0 fully saturated rings. The molecule has 0 unspecified atom stereocenters. The van der Waals surface area contributed by atoms with Crippen molar-refractivity contribution in [2.45, 2.75) is 31.3 Å². The Bertz CT molecular complexity index is 1060. The molecule has 0 aliphatic carbocycles. The van der Waals surface area contributed by atoms with Crippen molar-refractivity contribution >= 4 is 21.4 Å². The van der Waals surface area contributed by atoms with E-state index in [-0.39, 0.29) is 16.5 Å². The highest BCUT2D eigenvalue weighted by Gasteiger charge is 2.43. The van der Waals surface area contributed by atoms with Crippen LogP contribution in [-0.2, 0) is 19.4 Å². The minimum atomic E-state index is -3.34. The molecule has 1 aromatic carbocycles. The monoisotopic (exact) mass is 391 g/mol. The van der Waals surface area contributed by atoms with E-state index < -0.39 is 27.2 Å². The van der Waals surface area contributed by atoms with E-state index >= 15 is 0 Å². The van der Waals surface area contributed by atoms with E-state index in [0.717, 1.165) is 12.5 Å². The van der Waals surface area contributed by atoms with Crippen LogP contribution < -0.4 is 4.74 Å². The van der Waals surface area contributed by atoms with Gasteiger partial charge in [0, 0.05) is 12.3 Å². The molecule has 0 spiro atoms. The average molecular weight is 391 g/mol. The van der Waals surface area contributed by atoms with Gasteiger partial charge in [0.2, 0.25) is 11.6 Å². The Kier molecular flexibility index (Phi) is 4.55. The number of cyclic esters (lactones) is 1. The molecule has 0 saturated carbocycles. The Morgan fingerprint density at radius 3 is 2.37 bits per heavy atom. The number of pyridine rings is 1. The van der Waals surface area contributed by atoms with E-state index in [2.05, 4.69) is 4.98 Å². The molecule has 1 aliphatic rings. The molecule has 27 heavy (non-hydrogen) atoms. The molecule has 142 valence electrons. The van der Waals surface area contributed by atoms with Gasteiger partial charge in [-0.05, 0) is 44.0 Å². The van der Waals surface area contributed by atoms with Crippen molar-refractivity contribution in [1.29, 1.82) is 0 Å². The van der Waals surface area contributed by atoms with Crippen LogP contribution in [-0.4, -0.2) is 31.2 Å². The van der Waals surface area contributed by atoms with Gasteiger partial charge < -0.3 is 9.47 Å². The average Bonchev–Trinajstić information content (AvgIpc) is 2.78. The minimum absolute atomic E-state index is 0.0591. The third-order valence-electron chi connectivity index (χ3n) is 4.16. The maximum atomic E-state index is 13.4. The van der Waals surface area contributed by atoms with E-state index in [1.54, 1.807) is 32.9 Å². The van der Waals surface area contributed by atoms with Crippen LogP contribution in [0.25, 0.3) is 5.57 Å². The predicted molar refractivity (Wildman–Crippen MR) is 96.2 cm³/mol. The lowest BCUT2D eigenvalue weighted by atomic mass is 9.92. The second kappa shape index (κ2) is 6.45. The number of carbonyl (C=O) groups is 1. The number of aryl methyl sites for hydroxylation is 1. The number of benzene rings is 1. The maximum absolute atomic E-state index is 13.4. The fourth-order valence-electron chi connectivity index (χ4n) is 2.82. The Balaban J connectivity index is 2.08. The van der Waals surface area contributed by atoms with Crippen LogP contribution in [0.2, 0.25) is 0 Å². The van der Waals surface area contributed by atoms with Gasteiger partial charge >= 0.3 is 5.97 Å². The van der Waals surface area contributed by atoms with Crippen LogP contribution in [0.5, 0.6) is 5.88 Å². The summed E-state index contributed by atoms with van der Waals surface area (Å²) in [4.78, 5) is 16.4. The molecule has 0 radical (unpaired) electrons. The highest BCUT2D eigenvalue weighted by molar-refractivity contribution is 7.90. The van der Waals surface area contributed by atoms with Crippen molar-refractivity contribution in [3.05, 3.63) is 59.2 Å². The van der Waals surface area contributed by atoms with Crippen molar-refractivity contribution in [2.75, 3.05) is 6.26 Å². The smallest absolute Gasteiger partial charge is 0.375 e. The van der Waals surface area contributed by atoms with E-state index in [0.29, 0.717) is 16.7 Å². The minimum Gasteiger partial charge on any atom is -0.449 e. The van der Waals surface area contributed by atoms with Crippen molar-refractivity contribution in [3.8, 4) is 5.88 Å². The standard InChI is InChI=1S/C19H18FNO5S/c1-11-9-15(21-10-14(11)20)25-17-16(19(2,3)26-18(17)22)12-5-7-13(8-6-12)27(4,23)24/h5-10H,1-4H3. The molecular weight excluding hydrogens is 373 g/mol. The number of hydrogen-bond acceptors (Lipinski definition) is 6. The first-order valence-electron chi connectivity index (χ1n) is 8.07. The van der Waals surface area contributed by atoms with E-state index in [1.165, 1.54) is 18.2 Å². The third kappa shape index (κ3) is 3.71. The van der Waals surface area contributed by atoms with Gasteiger partial charge in [0.05, 0.1) is 16.7 Å². The van der Waals surface area contributed by atoms with Crippen molar-refractivity contribution in [1.82, 2.24) is 4.98 Å². The zero-order valence-corrected chi connectivity index (χ0v) is 16.1. The molecule has 1 aliphatic heterocycles. The summed E-state index contributed by atoms with van der Waals surface area (Å²) in [5.41, 5.74) is 0.363. The summed E-state index contributed by atoms with van der Waals surface area (Å²) in [6, 6.07) is 7.46. The first-order chi connectivity index (χ1) is 12.5. The van der Waals surface area contributed by atoms with E-state index in [9.17, 15) is 17.6 Å². The highest BCUT2D eigenvalue weighted by Crippen LogP contribution is 2.40. The van der Waals surface area contributed by atoms with Crippen LogP contribution in [0.4, 0.5) is 4.39 Å². The second-order valence-corrected chi connectivity index (χ2v) is 8.79. The molecule has 3 rings (SSSR count). The van der Waals surface area contributed by atoms with Crippen molar-refractivity contribution < 1.29 is 27.1 Å². The SMILES string of the molecule is Cc1cc(OC2=C(c3ccc(S(C)(=O)=O)cc3)C(C)(C)OC2=O)ncc1F. The Hall–Kier alpha value is -2.74. The number of rotatable bonds is 4. The van der Waals surface area contributed by atoms with Crippen LogP contribution >= 0.6 is 0 Å².